The van der Waals surface area contributed by atoms with Gasteiger partial charge in [-0.3, -0.25) is 14.5 Å². The normalized spacial score (nSPS) is 13.2. The maximum absolute atomic E-state index is 13.5. The number of ether oxygens (including phenoxy) is 1. The van der Waals surface area contributed by atoms with Gasteiger partial charge in [0.2, 0.25) is 0 Å². The average molecular weight is 511 g/mol. The van der Waals surface area contributed by atoms with Crippen LogP contribution in [0.5, 0.6) is 5.75 Å². The molecule has 0 atom stereocenters. The van der Waals surface area contributed by atoms with Crippen molar-refractivity contribution < 1.29 is 14.6 Å². The molecule has 0 spiro atoms. The number of pyridine rings is 1. The molecule has 0 fully saturated rings. The van der Waals surface area contributed by atoms with Gasteiger partial charge in [-0.2, -0.15) is 5.10 Å². The molecule has 4 aromatic rings. The van der Waals surface area contributed by atoms with E-state index < -0.39 is 0 Å². The highest BCUT2D eigenvalue weighted by molar-refractivity contribution is 6.03. The topological polar surface area (TPSA) is 80.5 Å². The molecule has 0 saturated carbocycles. The van der Waals surface area contributed by atoms with Gasteiger partial charge in [-0.05, 0) is 71.8 Å². The minimum absolute atomic E-state index is 0.0725. The van der Waals surface area contributed by atoms with Crippen LogP contribution in [0.3, 0.4) is 0 Å². The van der Waals surface area contributed by atoms with Crippen LogP contribution in [0.4, 0.5) is 0 Å². The van der Waals surface area contributed by atoms with Crippen LogP contribution in [-0.2, 0) is 13.2 Å². The Morgan fingerprint density at radius 1 is 0.974 bits per heavy atom. The molecule has 5 rings (SSSR count). The lowest BCUT2D eigenvalue weighted by Crippen LogP contribution is -2.42. The van der Waals surface area contributed by atoms with Crippen molar-refractivity contribution in [2.75, 3.05) is 19.7 Å². The first-order valence-corrected chi connectivity index (χ1v) is 13.1. The van der Waals surface area contributed by atoms with Crippen molar-refractivity contribution in [2.24, 2.45) is 0 Å². The summed E-state index contributed by atoms with van der Waals surface area (Å²) >= 11 is 0. The molecule has 196 valence electrons. The summed E-state index contributed by atoms with van der Waals surface area (Å²) in [5.74, 6) is 1.23. The maximum atomic E-state index is 13.5. The molecular formula is C31H34N4O3. The molecule has 2 aromatic heterocycles. The molecule has 2 aromatic carbocycles. The second kappa shape index (κ2) is 10.8. The average Bonchev–Trinajstić information content (AvgIpc) is 3.31. The maximum Gasteiger partial charge on any atom is 0.272 e. The number of fused-ring (bicyclic) bond motifs is 1. The smallest absolute Gasteiger partial charge is 0.272 e. The predicted molar refractivity (Wildman–Crippen MR) is 148 cm³/mol. The number of carbonyl (C=O) groups excluding carboxylic acids is 1. The summed E-state index contributed by atoms with van der Waals surface area (Å²) in [5.41, 5.74) is 8.34. The number of hydrogen-bond acceptors (Lipinski definition) is 5. The van der Waals surface area contributed by atoms with Crippen LogP contribution < -0.4 is 4.74 Å². The zero-order valence-corrected chi connectivity index (χ0v) is 22.4. The Morgan fingerprint density at radius 3 is 2.29 bits per heavy atom. The van der Waals surface area contributed by atoms with Crippen LogP contribution >= 0.6 is 0 Å². The third kappa shape index (κ3) is 4.94. The van der Waals surface area contributed by atoms with Gasteiger partial charge < -0.3 is 14.7 Å². The summed E-state index contributed by atoms with van der Waals surface area (Å²) in [7, 11) is 0. The molecule has 0 saturated heterocycles. The van der Waals surface area contributed by atoms with E-state index in [1.165, 1.54) is 5.56 Å². The van der Waals surface area contributed by atoms with E-state index >= 15 is 0 Å². The number of benzene rings is 2. The summed E-state index contributed by atoms with van der Waals surface area (Å²) in [6.45, 7) is 10.3. The van der Waals surface area contributed by atoms with Crippen LogP contribution in [0.15, 0.2) is 60.9 Å². The first-order valence-electron chi connectivity index (χ1n) is 13.1. The monoisotopic (exact) mass is 510 g/mol. The van der Waals surface area contributed by atoms with Gasteiger partial charge in [-0.25, -0.2) is 0 Å². The number of rotatable bonds is 8. The van der Waals surface area contributed by atoms with Crippen molar-refractivity contribution in [3.8, 4) is 28.1 Å². The van der Waals surface area contributed by atoms with Gasteiger partial charge in [-0.15, -0.1) is 0 Å². The third-order valence-electron chi connectivity index (χ3n) is 7.13. The zero-order valence-electron chi connectivity index (χ0n) is 22.4. The lowest BCUT2D eigenvalue weighted by atomic mass is 9.95. The van der Waals surface area contributed by atoms with Crippen molar-refractivity contribution in [3.63, 3.8) is 0 Å². The molecule has 7 heteroatoms. The Kier molecular flexibility index (Phi) is 7.29. The summed E-state index contributed by atoms with van der Waals surface area (Å²) in [6.07, 6.45) is 3.47. The Labute approximate surface area is 223 Å². The van der Waals surface area contributed by atoms with Crippen molar-refractivity contribution in [3.05, 3.63) is 88.9 Å². The number of hydrogen-bond donors (Lipinski definition) is 1. The highest BCUT2D eigenvalue weighted by Crippen LogP contribution is 2.39. The third-order valence-corrected chi connectivity index (χ3v) is 7.13. The molecule has 7 nitrogen and oxygen atoms in total. The molecular weight excluding hydrogens is 476 g/mol. The summed E-state index contributed by atoms with van der Waals surface area (Å²) in [6, 6.07) is 16.5. The second-order valence-corrected chi connectivity index (χ2v) is 10.2. The van der Waals surface area contributed by atoms with Gasteiger partial charge in [0.05, 0.1) is 13.2 Å². The van der Waals surface area contributed by atoms with Gasteiger partial charge in [0.15, 0.2) is 0 Å². The highest BCUT2D eigenvalue weighted by Gasteiger charge is 2.32. The highest BCUT2D eigenvalue weighted by atomic mass is 16.5. The van der Waals surface area contributed by atoms with E-state index in [0.717, 1.165) is 44.8 Å². The standard InChI is InChI=1S/C31H34N4O3/c1-20(2)24-7-5-23(6-8-24)19-38-30-21(3)17-26(18-22(30)4)27-28(25-9-11-32-12-10-25)33-35-14-13-34(15-16-36)31(37)29(27)35/h5-12,17-18,20,36H,13-16,19H2,1-4H3. The number of β-amino-alcohol motifs (C(OH)–C–C–N with tert-alkyl or cyclic N) is 1. The summed E-state index contributed by atoms with van der Waals surface area (Å²) < 4.78 is 8.09. The molecule has 0 bridgehead atoms. The molecule has 1 aliphatic rings. The SMILES string of the molecule is Cc1cc(-c2c(-c3ccncc3)nn3c2C(=O)N(CCO)CC3)cc(C)c1OCc1ccc(C(C)C)cc1. The van der Waals surface area contributed by atoms with Crippen LogP contribution in [0.1, 0.15) is 52.5 Å². The lowest BCUT2D eigenvalue weighted by molar-refractivity contribution is 0.0662. The van der Waals surface area contributed by atoms with E-state index in [1.54, 1.807) is 22.0 Å². The summed E-state index contributed by atoms with van der Waals surface area (Å²) in [4.78, 5) is 19.4. The number of aliphatic hydroxyl groups excluding tert-OH is 1. The first-order chi connectivity index (χ1) is 18.4. The Bertz CT molecular complexity index is 1420. The van der Waals surface area contributed by atoms with Crippen LogP contribution in [0, 0.1) is 13.8 Å². The van der Waals surface area contributed by atoms with E-state index in [0.29, 0.717) is 37.9 Å². The molecule has 0 unspecified atom stereocenters. The predicted octanol–water partition coefficient (Wildman–Crippen LogP) is 5.38. The minimum atomic E-state index is -0.117. The number of nitrogens with zero attached hydrogens (tertiary/aromatic N) is 4. The number of aliphatic hydroxyl groups is 1. The Hall–Kier alpha value is -3.97. The number of amides is 1. The van der Waals surface area contributed by atoms with Crippen LogP contribution in [0.2, 0.25) is 0 Å². The molecule has 38 heavy (non-hydrogen) atoms. The van der Waals surface area contributed by atoms with Crippen molar-refractivity contribution in [1.29, 1.82) is 0 Å². The fourth-order valence-electron chi connectivity index (χ4n) is 5.10. The van der Waals surface area contributed by atoms with E-state index in [-0.39, 0.29) is 12.5 Å². The lowest BCUT2D eigenvalue weighted by Gasteiger charge is -2.27. The zero-order chi connectivity index (χ0) is 26.8. The first kappa shape index (κ1) is 25.7. The van der Waals surface area contributed by atoms with Crippen molar-refractivity contribution in [1.82, 2.24) is 19.7 Å². The molecule has 3 heterocycles. The quantitative estimate of drug-likeness (QED) is 0.344. The fourth-order valence-corrected chi connectivity index (χ4v) is 5.10. The van der Waals surface area contributed by atoms with Gasteiger partial charge >= 0.3 is 0 Å². The van der Waals surface area contributed by atoms with Crippen LogP contribution in [-0.4, -0.2) is 50.4 Å². The fraction of sp³-hybridized carbons (Fsp3) is 0.323. The number of aromatic nitrogens is 3. The van der Waals surface area contributed by atoms with E-state index in [2.05, 4.69) is 55.2 Å². The molecule has 1 N–H and O–H groups in total. The van der Waals surface area contributed by atoms with E-state index in [9.17, 15) is 9.90 Å². The largest absolute Gasteiger partial charge is 0.488 e. The molecule has 0 radical (unpaired) electrons. The summed E-state index contributed by atoms with van der Waals surface area (Å²) in [5, 5.41) is 14.4. The number of carbonyl (C=O) groups is 1. The number of aryl methyl sites for hydroxylation is 2. The minimum Gasteiger partial charge on any atom is -0.488 e. The van der Waals surface area contributed by atoms with Gasteiger partial charge in [0, 0.05) is 36.6 Å². The molecule has 0 aliphatic carbocycles. The second-order valence-electron chi connectivity index (χ2n) is 10.2. The van der Waals surface area contributed by atoms with Crippen molar-refractivity contribution >= 4 is 5.91 Å². The van der Waals surface area contributed by atoms with Gasteiger partial charge in [0.1, 0.15) is 23.7 Å². The van der Waals surface area contributed by atoms with E-state index in [4.69, 9.17) is 9.84 Å². The van der Waals surface area contributed by atoms with Gasteiger partial charge in [-0.1, -0.05) is 38.1 Å². The Morgan fingerprint density at radius 2 is 1.66 bits per heavy atom. The molecule has 1 aliphatic heterocycles. The van der Waals surface area contributed by atoms with Crippen LogP contribution in [0.25, 0.3) is 22.4 Å². The van der Waals surface area contributed by atoms with Gasteiger partial charge in [0.25, 0.3) is 5.91 Å². The van der Waals surface area contributed by atoms with E-state index in [1.807, 2.05) is 26.0 Å². The Balaban J connectivity index is 1.52. The van der Waals surface area contributed by atoms with Crippen molar-refractivity contribution in [2.45, 2.75) is 46.8 Å². The molecule has 1 amide bonds.